The molecule has 0 spiro atoms. The van der Waals surface area contributed by atoms with Crippen LogP contribution in [0.5, 0.6) is 5.75 Å². The summed E-state index contributed by atoms with van der Waals surface area (Å²) in [6.07, 6.45) is 1.22. The highest BCUT2D eigenvalue weighted by Gasteiger charge is 2.11. The Bertz CT molecular complexity index is 895. The molecule has 2 aromatic rings. The minimum atomic E-state index is -0.622. The van der Waals surface area contributed by atoms with E-state index in [4.69, 9.17) is 0 Å². The molecule has 0 aromatic heterocycles. The number of hydrogen-bond donors (Lipinski definition) is 3. The molecule has 1 amide bonds. The molecule has 0 radical (unpaired) electrons. The number of phenolic OH excluding ortho intramolecular Hbond substituents is 1. The molecule has 2 rings (SSSR count). The summed E-state index contributed by atoms with van der Waals surface area (Å²) >= 11 is 0. The molecule has 6 nitrogen and oxygen atoms in total. The molecule has 0 atom stereocenters. The fourth-order valence-corrected chi connectivity index (χ4v) is 2.08. The zero-order valence-corrected chi connectivity index (χ0v) is 13.8. The third-order valence-electron chi connectivity index (χ3n) is 3.42. The summed E-state index contributed by atoms with van der Waals surface area (Å²) in [6, 6.07) is 13.2. The number of aryl methyl sites for hydroxylation is 1. The number of amides is 1. The Morgan fingerprint density at radius 3 is 2.64 bits per heavy atom. The van der Waals surface area contributed by atoms with Crippen molar-refractivity contribution in [3.8, 4) is 11.8 Å². The van der Waals surface area contributed by atoms with Gasteiger partial charge in [-0.1, -0.05) is 18.2 Å². The predicted octanol–water partition coefficient (Wildman–Crippen LogP) is 3.36. The van der Waals surface area contributed by atoms with E-state index >= 15 is 0 Å². The van der Waals surface area contributed by atoms with Gasteiger partial charge in [-0.2, -0.15) is 5.26 Å². The van der Waals surface area contributed by atoms with Crippen LogP contribution in [-0.2, 0) is 4.79 Å². The number of carbonyl (C=O) groups is 2. The molecule has 2 aromatic carbocycles. The van der Waals surface area contributed by atoms with Crippen molar-refractivity contribution in [1.29, 1.82) is 5.26 Å². The van der Waals surface area contributed by atoms with Gasteiger partial charge in [-0.3, -0.25) is 9.59 Å². The molecule has 0 aliphatic carbocycles. The molecular weight excluding hydrogens is 318 g/mol. The summed E-state index contributed by atoms with van der Waals surface area (Å²) in [5.41, 5.74) is 2.01. The van der Waals surface area contributed by atoms with E-state index in [0.29, 0.717) is 16.9 Å². The van der Waals surface area contributed by atoms with Crippen LogP contribution >= 0.6 is 0 Å². The Morgan fingerprint density at radius 1 is 1.20 bits per heavy atom. The summed E-state index contributed by atoms with van der Waals surface area (Å²) < 4.78 is 0. The Labute approximate surface area is 145 Å². The largest absolute Gasteiger partial charge is 0.506 e. The lowest BCUT2D eigenvalue weighted by Crippen LogP contribution is -2.15. The summed E-state index contributed by atoms with van der Waals surface area (Å²) in [7, 11) is 0. The standard InChI is InChI=1S/C19H17N3O3/c1-12-6-7-18(24)17(8-12)21-11-15(10-20)19(25)22-16-5-3-4-14(9-16)13(2)23/h3-9,11,21,24H,1-2H3,(H,22,25)/b15-11-. The van der Waals surface area contributed by atoms with E-state index in [2.05, 4.69) is 10.6 Å². The second kappa shape index (κ2) is 7.79. The van der Waals surface area contributed by atoms with E-state index in [9.17, 15) is 20.0 Å². The molecule has 6 heteroatoms. The van der Waals surface area contributed by atoms with Crippen molar-refractivity contribution in [2.75, 3.05) is 10.6 Å². The Hall–Kier alpha value is -3.59. The van der Waals surface area contributed by atoms with Crippen molar-refractivity contribution < 1.29 is 14.7 Å². The number of rotatable bonds is 5. The fourth-order valence-electron chi connectivity index (χ4n) is 2.08. The molecule has 126 valence electrons. The van der Waals surface area contributed by atoms with Gasteiger partial charge < -0.3 is 15.7 Å². The maximum atomic E-state index is 12.2. The second-order valence-electron chi connectivity index (χ2n) is 5.43. The van der Waals surface area contributed by atoms with Crippen LogP contribution in [0.2, 0.25) is 0 Å². The zero-order valence-electron chi connectivity index (χ0n) is 13.8. The zero-order chi connectivity index (χ0) is 18.4. The van der Waals surface area contributed by atoms with E-state index in [-0.39, 0.29) is 17.1 Å². The lowest BCUT2D eigenvalue weighted by molar-refractivity contribution is -0.112. The number of phenols is 1. The molecule has 0 saturated heterocycles. The molecule has 3 N–H and O–H groups in total. The first-order chi connectivity index (χ1) is 11.9. The molecule has 0 heterocycles. The topological polar surface area (TPSA) is 102 Å². The molecule has 0 aliphatic heterocycles. The summed E-state index contributed by atoms with van der Waals surface area (Å²) in [5, 5.41) is 24.3. The third kappa shape index (κ3) is 4.69. The first-order valence-corrected chi connectivity index (χ1v) is 7.49. The average molecular weight is 335 g/mol. The van der Waals surface area contributed by atoms with Crippen LogP contribution in [0.3, 0.4) is 0 Å². The number of ketones is 1. The third-order valence-corrected chi connectivity index (χ3v) is 3.42. The van der Waals surface area contributed by atoms with Gasteiger partial charge in [0.25, 0.3) is 5.91 Å². The Kier molecular flexibility index (Phi) is 5.54. The van der Waals surface area contributed by atoms with E-state index in [1.54, 1.807) is 36.4 Å². The van der Waals surface area contributed by atoms with Crippen molar-refractivity contribution >= 4 is 23.1 Å². The van der Waals surface area contributed by atoms with Crippen LogP contribution in [0.25, 0.3) is 0 Å². The highest BCUT2D eigenvalue weighted by atomic mass is 16.3. The number of benzene rings is 2. The van der Waals surface area contributed by atoms with Crippen LogP contribution in [0.1, 0.15) is 22.8 Å². The van der Waals surface area contributed by atoms with Crippen molar-refractivity contribution in [3.63, 3.8) is 0 Å². The fraction of sp³-hybridized carbons (Fsp3) is 0.105. The number of nitrogens with one attached hydrogen (secondary N) is 2. The molecule has 0 saturated carbocycles. The predicted molar refractivity (Wildman–Crippen MR) is 95.2 cm³/mol. The van der Waals surface area contributed by atoms with Crippen molar-refractivity contribution in [3.05, 3.63) is 65.4 Å². The highest BCUT2D eigenvalue weighted by molar-refractivity contribution is 6.07. The van der Waals surface area contributed by atoms with E-state index in [1.165, 1.54) is 25.3 Å². The normalized spacial score (nSPS) is 10.7. The Balaban J connectivity index is 2.15. The molecule has 0 aliphatic rings. The quantitative estimate of drug-likeness (QED) is 0.336. The maximum absolute atomic E-state index is 12.2. The highest BCUT2D eigenvalue weighted by Crippen LogP contribution is 2.24. The first-order valence-electron chi connectivity index (χ1n) is 7.49. The van der Waals surface area contributed by atoms with Gasteiger partial charge in [0, 0.05) is 17.5 Å². The monoisotopic (exact) mass is 335 g/mol. The summed E-state index contributed by atoms with van der Waals surface area (Å²) in [4.78, 5) is 23.6. The van der Waals surface area contributed by atoms with Crippen LogP contribution < -0.4 is 10.6 Å². The van der Waals surface area contributed by atoms with E-state index < -0.39 is 5.91 Å². The number of aromatic hydroxyl groups is 1. The SMILES string of the molecule is CC(=O)c1cccc(NC(=O)/C(C#N)=C\Nc2cc(C)ccc2O)c1. The molecule has 0 fully saturated rings. The van der Waals surface area contributed by atoms with Gasteiger partial charge in [0.15, 0.2) is 5.78 Å². The number of carbonyl (C=O) groups excluding carboxylic acids is 2. The van der Waals surface area contributed by atoms with Gasteiger partial charge >= 0.3 is 0 Å². The molecular formula is C19H17N3O3. The van der Waals surface area contributed by atoms with Crippen molar-refractivity contribution in [2.24, 2.45) is 0 Å². The lowest BCUT2D eigenvalue weighted by Gasteiger charge is -2.08. The Morgan fingerprint density at radius 2 is 1.96 bits per heavy atom. The van der Waals surface area contributed by atoms with Gasteiger partial charge in [-0.15, -0.1) is 0 Å². The number of nitriles is 1. The smallest absolute Gasteiger partial charge is 0.267 e. The second-order valence-corrected chi connectivity index (χ2v) is 5.43. The number of hydrogen-bond acceptors (Lipinski definition) is 5. The van der Waals surface area contributed by atoms with Crippen LogP contribution in [0.15, 0.2) is 54.2 Å². The van der Waals surface area contributed by atoms with E-state index in [1.807, 2.05) is 6.92 Å². The molecule has 0 bridgehead atoms. The first kappa shape index (κ1) is 17.8. The minimum absolute atomic E-state index is 0.00806. The van der Waals surface area contributed by atoms with Gasteiger partial charge in [-0.05, 0) is 43.7 Å². The van der Waals surface area contributed by atoms with Crippen LogP contribution in [0.4, 0.5) is 11.4 Å². The van der Waals surface area contributed by atoms with Crippen LogP contribution in [0, 0.1) is 18.3 Å². The number of Topliss-reactive ketones (excluding diaryl/α,β-unsaturated/α-hetero) is 1. The molecule has 0 unspecified atom stereocenters. The van der Waals surface area contributed by atoms with Crippen molar-refractivity contribution in [2.45, 2.75) is 13.8 Å². The number of anilines is 2. The van der Waals surface area contributed by atoms with Gasteiger partial charge in [0.2, 0.25) is 0 Å². The number of nitrogens with zero attached hydrogens (tertiary/aromatic N) is 1. The van der Waals surface area contributed by atoms with Gasteiger partial charge in [0.05, 0.1) is 5.69 Å². The summed E-state index contributed by atoms with van der Waals surface area (Å²) in [6.45, 7) is 3.29. The van der Waals surface area contributed by atoms with E-state index in [0.717, 1.165) is 5.56 Å². The van der Waals surface area contributed by atoms with Gasteiger partial charge in [0.1, 0.15) is 17.4 Å². The summed E-state index contributed by atoms with van der Waals surface area (Å²) in [5.74, 6) is -0.736. The maximum Gasteiger partial charge on any atom is 0.267 e. The minimum Gasteiger partial charge on any atom is -0.506 e. The molecule has 25 heavy (non-hydrogen) atoms. The van der Waals surface area contributed by atoms with Gasteiger partial charge in [-0.25, -0.2) is 0 Å². The average Bonchev–Trinajstić information content (AvgIpc) is 2.58. The lowest BCUT2D eigenvalue weighted by atomic mass is 10.1. The van der Waals surface area contributed by atoms with Crippen molar-refractivity contribution in [1.82, 2.24) is 0 Å². The van der Waals surface area contributed by atoms with Crippen LogP contribution in [-0.4, -0.2) is 16.8 Å².